The van der Waals surface area contributed by atoms with Crippen molar-refractivity contribution >= 4 is 27.5 Å². The van der Waals surface area contributed by atoms with Crippen LogP contribution in [0.3, 0.4) is 0 Å². The highest BCUT2D eigenvalue weighted by Gasteiger charge is 2.13. The third kappa shape index (κ3) is 4.01. The van der Waals surface area contributed by atoms with Crippen LogP contribution in [-0.2, 0) is 6.42 Å². The zero-order valence-corrected chi connectivity index (χ0v) is 13.4. The fraction of sp³-hybridized carbons (Fsp3) is 0.267. The summed E-state index contributed by atoms with van der Waals surface area (Å²) < 4.78 is 14.5. The topological polar surface area (TPSA) is 24.9 Å². The van der Waals surface area contributed by atoms with Crippen LogP contribution >= 0.6 is 27.5 Å². The van der Waals surface area contributed by atoms with Crippen LogP contribution < -0.4 is 5.32 Å². The van der Waals surface area contributed by atoms with E-state index in [4.69, 9.17) is 11.6 Å². The summed E-state index contributed by atoms with van der Waals surface area (Å²) in [7, 11) is 0. The maximum absolute atomic E-state index is 13.6. The molecule has 2 rings (SSSR count). The first kappa shape index (κ1) is 15.4. The lowest BCUT2D eigenvalue weighted by Gasteiger charge is -2.19. The van der Waals surface area contributed by atoms with Crippen molar-refractivity contribution in [3.63, 3.8) is 0 Å². The smallest absolute Gasteiger partial charge is 0.142 e. The maximum Gasteiger partial charge on any atom is 0.142 e. The zero-order valence-electron chi connectivity index (χ0n) is 11.0. The molecule has 20 heavy (non-hydrogen) atoms. The average molecular weight is 358 g/mol. The van der Waals surface area contributed by atoms with E-state index >= 15 is 0 Å². The van der Waals surface area contributed by atoms with E-state index in [0.29, 0.717) is 0 Å². The van der Waals surface area contributed by atoms with Crippen LogP contribution in [0.1, 0.15) is 24.1 Å². The number of nitrogens with zero attached hydrogens (tertiary/aromatic N) is 1. The molecule has 1 atom stereocenters. The van der Waals surface area contributed by atoms with Gasteiger partial charge in [0.1, 0.15) is 5.82 Å². The second-order valence-electron chi connectivity index (χ2n) is 4.50. The Balaban J connectivity index is 2.24. The van der Waals surface area contributed by atoms with Crippen molar-refractivity contribution in [2.75, 3.05) is 6.54 Å². The molecule has 2 nitrogen and oxygen atoms in total. The lowest BCUT2D eigenvalue weighted by atomic mass is 9.99. The number of nitrogens with one attached hydrogen (secondary N) is 1. The van der Waals surface area contributed by atoms with Crippen molar-refractivity contribution in [2.45, 2.75) is 19.4 Å². The highest BCUT2D eigenvalue weighted by Crippen LogP contribution is 2.23. The molecular formula is C15H15BrClFN2. The number of halogens is 3. The SMILES string of the molecule is CCNC(Cc1cncc(Br)c1)c1ccc(Cl)c(F)c1. The Bertz CT molecular complexity index is 592. The van der Waals surface area contributed by atoms with E-state index in [1.54, 1.807) is 12.3 Å². The predicted octanol–water partition coefficient (Wildman–Crippen LogP) is 4.53. The van der Waals surface area contributed by atoms with Gasteiger partial charge in [-0.15, -0.1) is 0 Å². The molecule has 0 aliphatic carbocycles. The maximum atomic E-state index is 13.6. The Kier molecular flexibility index (Phi) is 5.52. The zero-order chi connectivity index (χ0) is 14.5. The third-order valence-corrected chi connectivity index (χ3v) is 3.74. The fourth-order valence-corrected chi connectivity index (χ4v) is 2.62. The van der Waals surface area contributed by atoms with E-state index in [-0.39, 0.29) is 16.9 Å². The fourth-order valence-electron chi connectivity index (χ4n) is 2.09. The molecule has 0 radical (unpaired) electrons. The molecule has 0 saturated heterocycles. The summed E-state index contributed by atoms with van der Waals surface area (Å²) in [5.41, 5.74) is 1.97. The molecule has 5 heteroatoms. The number of benzene rings is 1. The van der Waals surface area contributed by atoms with Gasteiger partial charge in [0.25, 0.3) is 0 Å². The van der Waals surface area contributed by atoms with E-state index in [9.17, 15) is 4.39 Å². The van der Waals surface area contributed by atoms with Crippen molar-refractivity contribution < 1.29 is 4.39 Å². The minimum Gasteiger partial charge on any atom is -0.310 e. The molecule has 0 amide bonds. The van der Waals surface area contributed by atoms with E-state index in [1.807, 2.05) is 25.3 Å². The molecule has 0 aliphatic rings. The predicted molar refractivity (Wildman–Crippen MR) is 83.5 cm³/mol. The second-order valence-corrected chi connectivity index (χ2v) is 5.82. The number of likely N-dealkylation sites (N-methyl/N-ethyl adjacent to an activating group) is 1. The van der Waals surface area contributed by atoms with Gasteiger partial charge in [-0.05, 0) is 58.2 Å². The second kappa shape index (κ2) is 7.16. The molecule has 0 fully saturated rings. The van der Waals surface area contributed by atoms with Crippen molar-refractivity contribution in [3.8, 4) is 0 Å². The van der Waals surface area contributed by atoms with Crippen LogP contribution in [0.25, 0.3) is 0 Å². The minimum atomic E-state index is -0.389. The summed E-state index contributed by atoms with van der Waals surface area (Å²) in [4.78, 5) is 4.15. The Morgan fingerprint density at radius 1 is 1.35 bits per heavy atom. The van der Waals surface area contributed by atoms with Gasteiger partial charge in [-0.25, -0.2) is 4.39 Å². The number of aromatic nitrogens is 1. The van der Waals surface area contributed by atoms with Gasteiger partial charge >= 0.3 is 0 Å². The third-order valence-electron chi connectivity index (χ3n) is 3.00. The summed E-state index contributed by atoms with van der Waals surface area (Å²) in [6.45, 7) is 2.83. The van der Waals surface area contributed by atoms with Crippen molar-refractivity contribution in [2.24, 2.45) is 0 Å². The highest BCUT2D eigenvalue weighted by molar-refractivity contribution is 9.10. The molecule has 2 aromatic rings. The number of hydrogen-bond acceptors (Lipinski definition) is 2. The number of rotatable bonds is 5. The summed E-state index contributed by atoms with van der Waals surface area (Å²) in [6, 6.07) is 6.98. The van der Waals surface area contributed by atoms with Gasteiger partial charge in [-0.2, -0.15) is 0 Å². The van der Waals surface area contributed by atoms with Gasteiger partial charge in [0.2, 0.25) is 0 Å². The first-order valence-corrected chi connectivity index (χ1v) is 7.55. The van der Waals surface area contributed by atoms with E-state index < -0.39 is 0 Å². The molecule has 0 bridgehead atoms. The quantitative estimate of drug-likeness (QED) is 0.850. The van der Waals surface area contributed by atoms with Crippen LogP contribution in [0.15, 0.2) is 41.1 Å². The molecular weight excluding hydrogens is 343 g/mol. The molecule has 0 aliphatic heterocycles. The van der Waals surface area contributed by atoms with Gasteiger partial charge in [0.05, 0.1) is 5.02 Å². The van der Waals surface area contributed by atoms with Crippen LogP contribution in [0.2, 0.25) is 5.02 Å². The molecule has 106 valence electrons. The van der Waals surface area contributed by atoms with Gasteiger partial charge in [0.15, 0.2) is 0 Å². The van der Waals surface area contributed by atoms with Gasteiger partial charge < -0.3 is 5.32 Å². The van der Waals surface area contributed by atoms with E-state index in [0.717, 1.165) is 28.6 Å². The number of pyridine rings is 1. The monoisotopic (exact) mass is 356 g/mol. The summed E-state index contributed by atoms with van der Waals surface area (Å²) in [5.74, 6) is -0.389. The van der Waals surface area contributed by atoms with Gasteiger partial charge in [-0.1, -0.05) is 24.6 Å². The lowest BCUT2D eigenvalue weighted by molar-refractivity contribution is 0.542. The lowest BCUT2D eigenvalue weighted by Crippen LogP contribution is -2.23. The van der Waals surface area contributed by atoms with Gasteiger partial charge in [0, 0.05) is 22.9 Å². The molecule has 1 N–H and O–H groups in total. The normalized spacial score (nSPS) is 12.4. The summed E-state index contributed by atoms with van der Waals surface area (Å²) >= 11 is 9.14. The standard InChI is InChI=1S/C15H15BrClFN2/c1-2-20-15(6-10-5-12(16)9-19-8-10)11-3-4-13(17)14(18)7-11/h3-5,7-9,15,20H,2,6H2,1H3. The molecule has 0 saturated carbocycles. The van der Waals surface area contributed by atoms with E-state index in [1.165, 1.54) is 6.07 Å². The van der Waals surface area contributed by atoms with Crippen molar-refractivity contribution in [1.82, 2.24) is 10.3 Å². The van der Waals surface area contributed by atoms with Gasteiger partial charge in [-0.3, -0.25) is 4.98 Å². The van der Waals surface area contributed by atoms with Crippen LogP contribution in [0.4, 0.5) is 4.39 Å². The first-order valence-electron chi connectivity index (χ1n) is 6.38. The Labute approximate surface area is 131 Å². The summed E-state index contributed by atoms with van der Waals surface area (Å²) in [5, 5.41) is 3.51. The Morgan fingerprint density at radius 2 is 2.15 bits per heavy atom. The van der Waals surface area contributed by atoms with E-state index in [2.05, 4.69) is 26.2 Å². The minimum absolute atomic E-state index is 0.0304. The molecule has 1 aromatic heterocycles. The van der Waals surface area contributed by atoms with Crippen molar-refractivity contribution in [1.29, 1.82) is 0 Å². The first-order chi connectivity index (χ1) is 9.60. The van der Waals surface area contributed by atoms with Crippen LogP contribution in [0.5, 0.6) is 0 Å². The largest absolute Gasteiger partial charge is 0.310 e. The molecule has 1 aromatic carbocycles. The Morgan fingerprint density at radius 3 is 2.80 bits per heavy atom. The average Bonchev–Trinajstić information content (AvgIpc) is 2.41. The molecule has 0 spiro atoms. The van der Waals surface area contributed by atoms with Crippen LogP contribution in [-0.4, -0.2) is 11.5 Å². The molecule has 1 unspecified atom stereocenters. The molecule has 1 heterocycles. The Hall–Kier alpha value is -0.970. The van der Waals surface area contributed by atoms with Crippen LogP contribution in [0, 0.1) is 5.82 Å². The van der Waals surface area contributed by atoms with Crippen molar-refractivity contribution in [3.05, 3.63) is 63.1 Å². The summed E-state index contributed by atoms with van der Waals surface area (Å²) in [6.07, 6.45) is 4.30. The number of hydrogen-bond donors (Lipinski definition) is 1. The highest BCUT2D eigenvalue weighted by atomic mass is 79.9.